The molecule has 8 saturated carbocycles. The Morgan fingerprint density at radius 1 is 0.778 bits per heavy atom. The highest BCUT2D eigenvalue weighted by molar-refractivity contribution is 5.84. The Labute approximate surface area is 215 Å². The van der Waals surface area contributed by atoms with E-state index < -0.39 is 0 Å². The van der Waals surface area contributed by atoms with Gasteiger partial charge < -0.3 is 9.64 Å². The number of fused-ring (bicyclic) bond motifs is 1. The van der Waals surface area contributed by atoms with E-state index >= 15 is 0 Å². The lowest BCUT2D eigenvalue weighted by Gasteiger charge is -2.73. The molecule has 0 aromatic heterocycles. The molecule has 8 bridgehead atoms. The van der Waals surface area contributed by atoms with E-state index in [4.69, 9.17) is 4.74 Å². The summed E-state index contributed by atoms with van der Waals surface area (Å²) in [5, 5.41) is 0. The van der Waals surface area contributed by atoms with Crippen LogP contribution in [-0.2, 0) is 27.3 Å². The summed E-state index contributed by atoms with van der Waals surface area (Å²) in [5.41, 5.74) is 2.89. The second-order valence-electron chi connectivity index (χ2n) is 14.8. The quantitative estimate of drug-likeness (QED) is 0.498. The number of rotatable bonds is 3. The van der Waals surface area contributed by atoms with Gasteiger partial charge in [-0.2, -0.15) is 0 Å². The zero-order valence-corrected chi connectivity index (χ0v) is 21.9. The number of ether oxygens (including phenoxy) is 1. The molecule has 4 unspecified atom stereocenters. The second-order valence-corrected chi connectivity index (χ2v) is 14.8. The van der Waals surface area contributed by atoms with Gasteiger partial charge in [-0.15, -0.1) is 0 Å². The van der Waals surface area contributed by atoms with Crippen LogP contribution in [-0.4, -0.2) is 30.4 Å². The number of nitrogens with zero attached hydrogens (tertiary/aromatic N) is 1. The van der Waals surface area contributed by atoms with Crippen molar-refractivity contribution in [2.24, 2.45) is 45.3 Å². The molecule has 1 amide bonds. The Balaban J connectivity index is 1.15. The van der Waals surface area contributed by atoms with Crippen LogP contribution in [0.3, 0.4) is 0 Å². The van der Waals surface area contributed by atoms with Gasteiger partial charge in [-0.3, -0.25) is 9.59 Å². The van der Waals surface area contributed by atoms with Crippen LogP contribution in [0.5, 0.6) is 0 Å². The molecule has 0 radical (unpaired) electrons. The summed E-state index contributed by atoms with van der Waals surface area (Å²) < 4.78 is 5.47. The molecule has 8 aliphatic carbocycles. The average Bonchev–Trinajstić information content (AvgIpc) is 2.86. The van der Waals surface area contributed by atoms with Gasteiger partial charge in [0.25, 0.3) is 0 Å². The summed E-state index contributed by atoms with van der Waals surface area (Å²) in [7, 11) is 1.60. The van der Waals surface area contributed by atoms with E-state index in [0.717, 1.165) is 58.0 Å². The molecule has 36 heavy (non-hydrogen) atoms. The smallest absolute Gasteiger partial charge is 0.311 e. The number of benzene rings is 1. The van der Waals surface area contributed by atoms with Crippen molar-refractivity contribution >= 4 is 11.9 Å². The van der Waals surface area contributed by atoms with Gasteiger partial charge in [0, 0.05) is 13.1 Å². The summed E-state index contributed by atoms with van der Waals surface area (Å²) in [5.74, 6) is 3.32. The summed E-state index contributed by atoms with van der Waals surface area (Å²) >= 11 is 0. The molecule has 0 spiro atoms. The van der Waals surface area contributed by atoms with Gasteiger partial charge in [-0.05, 0) is 129 Å². The maximum absolute atomic E-state index is 14.5. The minimum atomic E-state index is -0.240. The van der Waals surface area contributed by atoms with E-state index in [2.05, 4.69) is 29.2 Å². The van der Waals surface area contributed by atoms with E-state index in [0.29, 0.717) is 29.6 Å². The number of carbonyl (C=O) groups excluding carboxylic acids is 2. The lowest BCUT2D eigenvalue weighted by atomic mass is 9.31. The first-order chi connectivity index (χ1) is 17.4. The topological polar surface area (TPSA) is 46.6 Å². The Kier molecular flexibility index (Phi) is 4.42. The SMILES string of the molecule is COC(=O)C12CC3CC(C1)CC(C14CC5CC(CC(C(=O)N6CCc7ccccc7C6)(C5)C1)C4)(C3)C2. The molecule has 10 rings (SSSR count). The number of hydrogen-bond donors (Lipinski definition) is 0. The number of esters is 1. The third-order valence-electron chi connectivity index (χ3n) is 12.7. The molecule has 9 aliphatic rings. The van der Waals surface area contributed by atoms with Crippen LogP contribution in [0.25, 0.3) is 0 Å². The predicted octanol–water partition coefficient (Wildman–Crippen LogP) is 5.92. The van der Waals surface area contributed by atoms with E-state index in [1.807, 2.05) is 0 Å². The van der Waals surface area contributed by atoms with Crippen LogP contribution in [0, 0.1) is 45.3 Å². The van der Waals surface area contributed by atoms with Crippen LogP contribution in [0.2, 0.25) is 0 Å². The highest BCUT2D eigenvalue weighted by Crippen LogP contribution is 2.78. The third kappa shape index (κ3) is 2.82. The Hall–Kier alpha value is -1.84. The van der Waals surface area contributed by atoms with Gasteiger partial charge >= 0.3 is 5.97 Å². The number of methoxy groups -OCH3 is 1. The Morgan fingerprint density at radius 2 is 1.31 bits per heavy atom. The van der Waals surface area contributed by atoms with Crippen molar-refractivity contribution in [1.29, 1.82) is 0 Å². The molecule has 1 heterocycles. The van der Waals surface area contributed by atoms with Gasteiger partial charge in [0.2, 0.25) is 5.91 Å². The van der Waals surface area contributed by atoms with Crippen molar-refractivity contribution in [2.75, 3.05) is 13.7 Å². The summed E-state index contributed by atoms with van der Waals surface area (Å²) in [6, 6.07) is 8.71. The Bertz CT molecular complexity index is 1110. The molecule has 0 N–H and O–H groups in total. The van der Waals surface area contributed by atoms with Gasteiger partial charge in [-0.25, -0.2) is 0 Å². The van der Waals surface area contributed by atoms with Crippen molar-refractivity contribution in [3.05, 3.63) is 35.4 Å². The first-order valence-electron chi connectivity index (χ1n) is 14.8. The number of carbonyl (C=O) groups is 2. The van der Waals surface area contributed by atoms with Crippen LogP contribution >= 0.6 is 0 Å². The van der Waals surface area contributed by atoms with Crippen molar-refractivity contribution in [3.8, 4) is 0 Å². The van der Waals surface area contributed by atoms with Gasteiger partial charge in [-0.1, -0.05) is 24.3 Å². The fourth-order valence-corrected chi connectivity index (χ4v) is 12.5. The van der Waals surface area contributed by atoms with Crippen LogP contribution < -0.4 is 0 Å². The maximum Gasteiger partial charge on any atom is 0.311 e. The highest BCUT2D eigenvalue weighted by Gasteiger charge is 2.72. The fourth-order valence-electron chi connectivity index (χ4n) is 12.5. The minimum absolute atomic E-state index is 0.0727. The normalized spacial score (nSPS) is 47.6. The average molecular weight is 488 g/mol. The maximum atomic E-state index is 14.5. The third-order valence-corrected chi connectivity index (χ3v) is 12.7. The van der Waals surface area contributed by atoms with Gasteiger partial charge in [0.1, 0.15) is 0 Å². The van der Waals surface area contributed by atoms with Gasteiger partial charge in [0.15, 0.2) is 0 Å². The number of hydrogen-bond acceptors (Lipinski definition) is 3. The molecule has 192 valence electrons. The lowest BCUT2D eigenvalue weighted by Crippen LogP contribution is -2.67. The zero-order valence-electron chi connectivity index (χ0n) is 21.9. The number of amides is 1. The minimum Gasteiger partial charge on any atom is -0.469 e. The summed E-state index contributed by atoms with van der Waals surface area (Å²) in [6.07, 6.45) is 15.4. The highest BCUT2D eigenvalue weighted by atomic mass is 16.5. The molecule has 0 saturated heterocycles. The Morgan fingerprint density at radius 3 is 1.89 bits per heavy atom. The molecule has 4 atom stereocenters. The molecular weight excluding hydrogens is 446 g/mol. The molecule has 4 nitrogen and oxygen atoms in total. The predicted molar refractivity (Wildman–Crippen MR) is 137 cm³/mol. The van der Waals surface area contributed by atoms with E-state index in [-0.39, 0.29) is 27.6 Å². The van der Waals surface area contributed by atoms with E-state index in [1.165, 1.54) is 49.7 Å². The van der Waals surface area contributed by atoms with Crippen LogP contribution in [0.15, 0.2) is 24.3 Å². The second kappa shape index (κ2) is 7.17. The molecule has 1 aliphatic heterocycles. The van der Waals surface area contributed by atoms with Crippen LogP contribution in [0.1, 0.15) is 88.2 Å². The standard InChI is InChI=1S/C32H41NO3/c1-36-28(35)30-12-23-9-24(13-30)17-32(16-23,20-30)31-14-21-8-22(15-31)11-29(10-21,19-31)27(34)33-7-6-25-4-2-3-5-26(25)18-33/h2-5,21-24H,6-20H2,1H3. The zero-order chi connectivity index (χ0) is 24.3. The molecule has 1 aromatic carbocycles. The van der Waals surface area contributed by atoms with Crippen molar-refractivity contribution in [2.45, 2.75) is 90.0 Å². The van der Waals surface area contributed by atoms with Crippen molar-refractivity contribution < 1.29 is 14.3 Å². The summed E-state index contributed by atoms with van der Waals surface area (Å²) in [4.78, 5) is 30.0. The molecule has 1 aromatic rings. The molecular formula is C32H41NO3. The summed E-state index contributed by atoms with van der Waals surface area (Å²) in [6.45, 7) is 1.67. The monoisotopic (exact) mass is 487 g/mol. The molecule has 8 fully saturated rings. The van der Waals surface area contributed by atoms with Crippen molar-refractivity contribution in [3.63, 3.8) is 0 Å². The van der Waals surface area contributed by atoms with Gasteiger partial charge in [0.05, 0.1) is 17.9 Å². The van der Waals surface area contributed by atoms with Crippen molar-refractivity contribution in [1.82, 2.24) is 4.90 Å². The lowest BCUT2D eigenvalue weighted by molar-refractivity contribution is -0.241. The largest absolute Gasteiger partial charge is 0.469 e. The fraction of sp³-hybridized carbons (Fsp3) is 0.750. The molecule has 4 heteroatoms. The van der Waals surface area contributed by atoms with E-state index in [1.54, 1.807) is 7.11 Å². The van der Waals surface area contributed by atoms with Crippen LogP contribution in [0.4, 0.5) is 0 Å². The first-order valence-corrected chi connectivity index (χ1v) is 14.8. The first kappa shape index (κ1) is 22.2. The van der Waals surface area contributed by atoms with E-state index in [9.17, 15) is 9.59 Å².